The van der Waals surface area contributed by atoms with Crippen molar-refractivity contribution in [2.75, 3.05) is 7.05 Å². The zero-order chi connectivity index (χ0) is 19.5. The normalized spacial score (nSPS) is 14.3. The second-order valence-electron chi connectivity index (χ2n) is 6.12. The first-order valence-electron chi connectivity index (χ1n) is 8.60. The van der Waals surface area contributed by atoms with Crippen molar-refractivity contribution in [1.82, 2.24) is 5.32 Å². The van der Waals surface area contributed by atoms with Crippen LogP contribution in [-0.2, 0) is 25.7 Å². The van der Waals surface area contributed by atoms with Crippen LogP contribution in [0.3, 0.4) is 0 Å². The molecule has 6 nitrogen and oxygen atoms in total. The fourth-order valence-electron chi connectivity index (χ4n) is 2.68. The molecule has 0 fully saturated rings. The third-order valence-corrected chi connectivity index (χ3v) is 3.93. The fraction of sp³-hybridized carbons (Fsp3) is 0.450. The second kappa shape index (κ2) is 11.1. The topological polar surface area (TPSA) is 81.7 Å². The van der Waals surface area contributed by atoms with Crippen LogP contribution in [-0.4, -0.2) is 31.0 Å². The highest BCUT2D eigenvalue weighted by Crippen LogP contribution is 2.23. The first-order valence-corrected chi connectivity index (χ1v) is 8.60. The average molecular weight is 361 g/mol. The number of benzene rings is 1. The minimum absolute atomic E-state index is 0.0157. The molecule has 0 aromatic heterocycles. The van der Waals surface area contributed by atoms with Crippen LogP contribution in [0.25, 0.3) is 0 Å². The van der Waals surface area contributed by atoms with Crippen LogP contribution in [0.2, 0.25) is 0 Å². The summed E-state index contributed by atoms with van der Waals surface area (Å²) in [7, 11) is 1.49. The Morgan fingerprint density at radius 1 is 1.19 bits per heavy atom. The highest BCUT2D eigenvalue weighted by atomic mass is 16.7. The number of amides is 1. The molecule has 0 aliphatic rings. The van der Waals surface area contributed by atoms with Crippen LogP contribution < -0.4 is 5.32 Å². The van der Waals surface area contributed by atoms with Crippen LogP contribution in [0.1, 0.15) is 32.8 Å². The monoisotopic (exact) mass is 361 g/mol. The minimum Gasteiger partial charge on any atom is -0.429 e. The molecule has 0 spiro atoms. The summed E-state index contributed by atoms with van der Waals surface area (Å²) in [5, 5.41) is 2.53. The van der Waals surface area contributed by atoms with E-state index in [1.807, 2.05) is 56.3 Å². The maximum atomic E-state index is 12.2. The van der Waals surface area contributed by atoms with Gasteiger partial charge in [0.2, 0.25) is 5.91 Å². The lowest BCUT2D eigenvalue weighted by Gasteiger charge is -2.28. The Labute approximate surface area is 154 Å². The van der Waals surface area contributed by atoms with Crippen molar-refractivity contribution >= 4 is 17.8 Å². The van der Waals surface area contributed by atoms with Gasteiger partial charge in [0, 0.05) is 19.4 Å². The number of hydrogen-bond acceptors (Lipinski definition) is 5. The van der Waals surface area contributed by atoms with Gasteiger partial charge in [-0.15, -0.1) is 0 Å². The molecule has 6 heteroatoms. The number of allylic oxidation sites excluding steroid dienone is 1. The van der Waals surface area contributed by atoms with Gasteiger partial charge in [-0.3, -0.25) is 4.79 Å². The van der Waals surface area contributed by atoms with Gasteiger partial charge in [0.25, 0.3) is 0 Å². The number of carbonyl (C=O) groups is 3. The molecule has 26 heavy (non-hydrogen) atoms. The summed E-state index contributed by atoms with van der Waals surface area (Å²) in [5.41, 5.74) is 0.828. The van der Waals surface area contributed by atoms with E-state index in [2.05, 4.69) is 5.32 Å². The Bertz CT molecular complexity index is 626. The summed E-state index contributed by atoms with van der Waals surface area (Å²) in [6.07, 6.45) is 1.94. The highest BCUT2D eigenvalue weighted by molar-refractivity contribution is 5.86. The molecule has 0 aliphatic carbocycles. The van der Waals surface area contributed by atoms with Crippen molar-refractivity contribution in [2.45, 2.75) is 39.9 Å². The van der Waals surface area contributed by atoms with Gasteiger partial charge >= 0.3 is 6.16 Å². The molecule has 0 saturated carbocycles. The van der Waals surface area contributed by atoms with Crippen molar-refractivity contribution in [3.63, 3.8) is 0 Å². The standard InChI is InChI=1S/C20H27NO5/c1-5-9-14(2)18(17(12-15(3)22)19(23)21-4)26-20(24)25-13-16-10-7-6-8-11-16/h5-11,14,17-18H,12-13H2,1-4H3,(H,21,23)/b9-5+/t14-,17+,18-/m1/s1. The second-order valence-corrected chi connectivity index (χ2v) is 6.12. The smallest absolute Gasteiger partial charge is 0.429 e. The average Bonchev–Trinajstić information content (AvgIpc) is 2.63. The lowest BCUT2D eigenvalue weighted by atomic mass is 9.87. The maximum absolute atomic E-state index is 12.2. The van der Waals surface area contributed by atoms with Gasteiger partial charge in [0.05, 0.1) is 5.92 Å². The van der Waals surface area contributed by atoms with E-state index in [-0.39, 0.29) is 30.6 Å². The largest absolute Gasteiger partial charge is 0.508 e. The summed E-state index contributed by atoms with van der Waals surface area (Å²) in [6, 6.07) is 9.21. The molecule has 1 aromatic carbocycles. The van der Waals surface area contributed by atoms with E-state index in [1.165, 1.54) is 14.0 Å². The molecule has 1 N–H and O–H groups in total. The van der Waals surface area contributed by atoms with Crippen molar-refractivity contribution in [2.24, 2.45) is 11.8 Å². The molecule has 0 heterocycles. The SMILES string of the molecule is C/C=C/[C@@H](C)[C@@H](OC(=O)OCc1ccccc1)[C@H](CC(C)=O)C(=O)NC. The zero-order valence-electron chi connectivity index (χ0n) is 15.7. The van der Waals surface area contributed by atoms with E-state index in [0.29, 0.717) is 0 Å². The van der Waals surface area contributed by atoms with Gasteiger partial charge in [-0.2, -0.15) is 0 Å². The molecule has 0 saturated heterocycles. The summed E-state index contributed by atoms with van der Waals surface area (Å²) >= 11 is 0. The molecular weight excluding hydrogens is 334 g/mol. The Balaban J connectivity index is 2.88. The van der Waals surface area contributed by atoms with Gasteiger partial charge in [0.1, 0.15) is 18.5 Å². The van der Waals surface area contributed by atoms with Crippen LogP contribution >= 0.6 is 0 Å². The predicted octanol–water partition coefficient (Wildman–Crippen LogP) is 3.26. The summed E-state index contributed by atoms with van der Waals surface area (Å²) < 4.78 is 10.6. The number of carbonyl (C=O) groups excluding carboxylic acids is 3. The molecule has 1 amide bonds. The Hall–Kier alpha value is -2.63. The van der Waals surface area contributed by atoms with E-state index >= 15 is 0 Å². The summed E-state index contributed by atoms with van der Waals surface area (Å²) in [4.78, 5) is 36.0. The third-order valence-electron chi connectivity index (χ3n) is 3.93. The lowest BCUT2D eigenvalue weighted by molar-refractivity contribution is -0.134. The molecule has 0 unspecified atom stereocenters. The van der Waals surface area contributed by atoms with E-state index in [4.69, 9.17) is 9.47 Å². The molecule has 142 valence electrons. The fourth-order valence-corrected chi connectivity index (χ4v) is 2.68. The molecular formula is C20H27NO5. The zero-order valence-corrected chi connectivity index (χ0v) is 15.7. The molecule has 3 atom stereocenters. The molecule has 0 aliphatic heterocycles. The van der Waals surface area contributed by atoms with E-state index in [0.717, 1.165) is 5.56 Å². The lowest BCUT2D eigenvalue weighted by Crippen LogP contribution is -2.42. The minimum atomic E-state index is -0.868. The number of ketones is 1. The van der Waals surface area contributed by atoms with Gasteiger partial charge in [-0.25, -0.2) is 4.79 Å². The quantitative estimate of drug-likeness (QED) is 0.539. The summed E-state index contributed by atoms with van der Waals surface area (Å²) in [5.74, 6) is -1.55. The number of ether oxygens (including phenoxy) is 2. The first kappa shape index (κ1) is 21.4. The Morgan fingerprint density at radius 3 is 2.38 bits per heavy atom. The van der Waals surface area contributed by atoms with Gasteiger partial charge in [-0.1, -0.05) is 49.4 Å². The van der Waals surface area contributed by atoms with Gasteiger partial charge in [0.15, 0.2) is 0 Å². The van der Waals surface area contributed by atoms with Gasteiger partial charge in [-0.05, 0) is 19.4 Å². The first-order chi connectivity index (χ1) is 12.4. The number of rotatable bonds is 9. The van der Waals surface area contributed by atoms with Gasteiger partial charge < -0.3 is 19.6 Å². The van der Waals surface area contributed by atoms with Crippen molar-refractivity contribution in [3.8, 4) is 0 Å². The van der Waals surface area contributed by atoms with E-state index < -0.39 is 18.2 Å². The maximum Gasteiger partial charge on any atom is 0.508 e. The molecule has 0 radical (unpaired) electrons. The molecule has 1 aromatic rings. The van der Waals surface area contributed by atoms with Crippen LogP contribution in [0, 0.1) is 11.8 Å². The number of nitrogens with one attached hydrogen (secondary N) is 1. The third kappa shape index (κ3) is 7.09. The highest BCUT2D eigenvalue weighted by Gasteiger charge is 2.35. The Kier molecular flexibility index (Phi) is 9.12. The van der Waals surface area contributed by atoms with Crippen molar-refractivity contribution < 1.29 is 23.9 Å². The van der Waals surface area contributed by atoms with E-state index in [1.54, 1.807) is 0 Å². The van der Waals surface area contributed by atoms with Crippen molar-refractivity contribution in [1.29, 1.82) is 0 Å². The van der Waals surface area contributed by atoms with Crippen molar-refractivity contribution in [3.05, 3.63) is 48.0 Å². The Morgan fingerprint density at radius 2 is 1.85 bits per heavy atom. The summed E-state index contributed by atoms with van der Waals surface area (Å²) in [6.45, 7) is 5.13. The van der Waals surface area contributed by atoms with Crippen LogP contribution in [0.4, 0.5) is 4.79 Å². The predicted molar refractivity (Wildman–Crippen MR) is 98.3 cm³/mol. The molecule has 0 bridgehead atoms. The number of Topliss-reactive ketones (excluding diaryl/α,β-unsaturated/α-hetero) is 1. The van der Waals surface area contributed by atoms with E-state index in [9.17, 15) is 14.4 Å². The van der Waals surface area contributed by atoms with Crippen LogP contribution in [0.5, 0.6) is 0 Å². The number of hydrogen-bond donors (Lipinski definition) is 1. The van der Waals surface area contributed by atoms with Crippen LogP contribution in [0.15, 0.2) is 42.5 Å². The molecule has 1 rings (SSSR count).